The minimum atomic E-state index is -0.172. The van der Waals surface area contributed by atoms with Crippen LogP contribution in [0, 0.1) is 0 Å². The number of nitrogens with one attached hydrogen (secondary N) is 1. The molecule has 1 aromatic heterocycles. The first-order chi connectivity index (χ1) is 14.5. The Balaban J connectivity index is 1.42. The van der Waals surface area contributed by atoms with Crippen LogP contribution in [0.3, 0.4) is 0 Å². The quantitative estimate of drug-likeness (QED) is 0.673. The predicted molar refractivity (Wildman–Crippen MR) is 117 cm³/mol. The van der Waals surface area contributed by atoms with Crippen LogP contribution >= 0.6 is 0 Å². The molecule has 0 spiro atoms. The maximum absolute atomic E-state index is 12.0. The Morgan fingerprint density at radius 3 is 2.57 bits per heavy atom. The summed E-state index contributed by atoms with van der Waals surface area (Å²) in [4.78, 5) is 17.0. The van der Waals surface area contributed by atoms with Crippen LogP contribution in [0.1, 0.15) is 36.8 Å². The van der Waals surface area contributed by atoms with Gasteiger partial charge in [0.1, 0.15) is 5.75 Å². The van der Waals surface area contributed by atoms with Crippen molar-refractivity contribution < 1.29 is 9.53 Å². The predicted octanol–water partition coefficient (Wildman–Crippen LogP) is 1.67. The summed E-state index contributed by atoms with van der Waals surface area (Å²) in [5.41, 5.74) is 1.64. The number of rotatable bonds is 9. The number of ether oxygens (including phenoxy) is 1. The highest BCUT2D eigenvalue weighted by Gasteiger charge is 2.22. The number of amides is 1. The molecule has 1 aliphatic rings. The van der Waals surface area contributed by atoms with Gasteiger partial charge in [-0.25, -0.2) is 0 Å². The van der Waals surface area contributed by atoms with E-state index in [0.717, 1.165) is 51.4 Å². The Bertz CT molecular complexity index is 813. The summed E-state index contributed by atoms with van der Waals surface area (Å²) in [6.45, 7) is 12.0. The molecule has 1 fully saturated rings. The van der Waals surface area contributed by atoms with Gasteiger partial charge in [-0.1, -0.05) is 23.4 Å². The van der Waals surface area contributed by atoms with Crippen molar-refractivity contribution in [1.82, 2.24) is 30.1 Å². The van der Waals surface area contributed by atoms with Crippen molar-refractivity contribution in [1.29, 1.82) is 0 Å². The Hall–Kier alpha value is -2.45. The highest BCUT2D eigenvalue weighted by Crippen LogP contribution is 2.21. The van der Waals surface area contributed by atoms with Gasteiger partial charge >= 0.3 is 0 Å². The van der Waals surface area contributed by atoms with E-state index in [1.165, 1.54) is 5.56 Å². The lowest BCUT2D eigenvalue weighted by Gasteiger charge is -2.38. The third-order valence-corrected chi connectivity index (χ3v) is 5.57. The number of hydrogen-bond acceptors (Lipinski definition) is 6. The second-order valence-corrected chi connectivity index (χ2v) is 8.24. The molecule has 2 aromatic rings. The van der Waals surface area contributed by atoms with Gasteiger partial charge < -0.3 is 10.1 Å². The summed E-state index contributed by atoms with van der Waals surface area (Å²) in [5, 5.41) is 10.9. The number of carbonyl (C=O) groups is 1. The summed E-state index contributed by atoms with van der Waals surface area (Å²) in [7, 11) is 1.73. The van der Waals surface area contributed by atoms with E-state index in [1.54, 1.807) is 18.0 Å². The zero-order valence-corrected chi connectivity index (χ0v) is 18.5. The molecule has 1 N–H and O–H groups in total. The van der Waals surface area contributed by atoms with Crippen LogP contribution in [0.2, 0.25) is 0 Å². The van der Waals surface area contributed by atoms with Crippen LogP contribution in [-0.4, -0.2) is 82.6 Å². The Morgan fingerprint density at radius 2 is 1.87 bits per heavy atom. The van der Waals surface area contributed by atoms with Gasteiger partial charge in [-0.15, -0.1) is 5.10 Å². The monoisotopic (exact) mass is 414 g/mol. The molecular weight excluding hydrogens is 380 g/mol. The van der Waals surface area contributed by atoms with Crippen molar-refractivity contribution in [2.24, 2.45) is 0 Å². The lowest BCUT2D eigenvalue weighted by atomic mass is 10.0. The Kier molecular flexibility index (Phi) is 7.81. The summed E-state index contributed by atoms with van der Waals surface area (Å²) in [5.74, 6) is 0.797. The molecule has 0 bridgehead atoms. The van der Waals surface area contributed by atoms with E-state index in [-0.39, 0.29) is 11.9 Å². The molecule has 1 aromatic carbocycles. The number of benzene rings is 1. The number of piperazine rings is 1. The number of aromatic nitrogens is 3. The second kappa shape index (κ2) is 10.5. The van der Waals surface area contributed by atoms with E-state index in [0.29, 0.717) is 11.7 Å². The minimum Gasteiger partial charge on any atom is -0.496 e. The third-order valence-electron chi connectivity index (χ3n) is 5.57. The molecule has 3 rings (SSSR count). The lowest BCUT2D eigenvalue weighted by Crippen LogP contribution is -2.50. The van der Waals surface area contributed by atoms with Crippen LogP contribution in [0.5, 0.6) is 5.75 Å². The van der Waals surface area contributed by atoms with Gasteiger partial charge in [0.2, 0.25) is 0 Å². The molecule has 8 nitrogen and oxygen atoms in total. The fourth-order valence-corrected chi connectivity index (χ4v) is 3.84. The molecule has 1 saturated heterocycles. The summed E-state index contributed by atoms with van der Waals surface area (Å²) in [6.07, 6.45) is 2.72. The molecule has 0 aliphatic carbocycles. The van der Waals surface area contributed by atoms with E-state index in [1.807, 2.05) is 26.0 Å². The minimum absolute atomic E-state index is 0.0873. The molecule has 8 heteroatoms. The van der Waals surface area contributed by atoms with E-state index in [2.05, 4.69) is 44.5 Å². The molecular formula is C22H34N6O2. The Labute approximate surface area is 179 Å². The number of nitrogens with zero attached hydrogens (tertiary/aromatic N) is 5. The summed E-state index contributed by atoms with van der Waals surface area (Å²) >= 11 is 0. The van der Waals surface area contributed by atoms with E-state index in [4.69, 9.17) is 4.74 Å². The van der Waals surface area contributed by atoms with Crippen molar-refractivity contribution in [3.05, 3.63) is 41.7 Å². The van der Waals surface area contributed by atoms with Gasteiger partial charge in [-0.3, -0.25) is 19.3 Å². The largest absolute Gasteiger partial charge is 0.496 e. The van der Waals surface area contributed by atoms with Gasteiger partial charge in [-0.05, 0) is 38.8 Å². The normalized spacial score (nSPS) is 16.6. The van der Waals surface area contributed by atoms with Crippen LogP contribution in [-0.2, 0) is 13.0 Å². The highest BCUT2D eigenvalue weighted by atomic mass is 16.5. The van der Waals surface area contributed by atoms with Gasteiger partial charge in [0, 0.05) is 44.8 Å². The van der Waals surface area contributed by atoms with Crippen molar-refractivity contribution in [3.63, 3.8) is 0 Å². The van der Waals surface area contributed by atoms with Crippen LogP contribution < -0.4 is 10.1 Å². The van der Waals surface area contributed by atoms with E-state index in [9.17, 15) is 4.79 Å². The smallest absolute Gasteiger partial charge is 0.273 e. The highest BCUT2D eigenvalue weighted by molar-refractivity contribution is 5.91. The molecule has 30 heavy (non-hydrogen) atoms. The molecule has 164 valence electrons. The van der Waals surface area contributed by atoms with Gasteiger partial charge in [-0.2, -0.15) is 0 Å². The standard InChI is InChI=1S/C22H34N6O2/c1-17(2)23-22(29)20-16-28(25-24-20)14-11-26-9-12-27(13-10-26)18(3)15-19-7-5-6-8-21(19)30-4/h5-8,16-18H,9-15H2,1-4H3,(H,23,29). The fourth-order valence-electron chi connectivity index (χ4n) is 3.84. The van der Waals surface area contributed by atoms with Crippen LogP contribution in [0.25, 0.3) is 0 Å². The summed E-state index contributed by atoms with van der Waals surface area (Å²) in [6, 6.07) is 8.83. The van der Waals surface area contributed by atoms with Crippen molar-refractivity contribution in [2.75, 3.05) is 39.8 Å². The molecule has 2 heterocycles. The fraction of sp³-hybridized carbons (Fsp3) is 0.591. The van der Waals surface area contributed by atoms with E-state index >= 15 is 0 Å². The van der Waals surface area contributed by atoms with Gasteiger partial charge in [0.25, 0.3) is 5.91 Å². The van der Waals surface area contributed by atoms with Crippen molar-refractivity contribution in [3.8, 4) is 5.75 Å². The topological polar surface area (TPSA) is 75.5 Å². The molecule has 0 saturated carbocycles. The number of carbonyl (C=O) groups excluding carboxylic acids is 1. The third kappa shape index (κ3) is 6.03. The maximum atomic E-state index is 12.0. The van der Waals surface area contributed by atoms with Crippen LogP contribution in [0.4, 0.5) is 0 Å². The molecule has 1 atom stereocenters. The number of para-hydroxylation sites is 1. The first kappa shape index (κ1) is 22.2. The average Bonchev–Trinajstić information content (AvgIpc) is 3.22. The number of hydrogen-bond donors (Lipinski definition) is 1. The Morgan fingerprint density at radius 1 is 1.13 bits per heavy atom. The average molecular weight is 415 g/mol. The van der Waals surface area contributed by atoms with Gasteiger partial charge in [0.15, 0.2) is 5.69 Å². The first-order valence-electron chi connectivity index (χ1n) is 10.8. The summed E-state index contributed by atoms with van der Waals surface area (Å²) < 4.78 is 7.25. The van der Waals surface area contributed by atoms with Crippen molar-refractivity contribution >= 4 is 5.91 Å². The maximum Gasteiger partial charge on any atom is 0.273 e. The first-order valence-corrected chi connectivity index (χ1v) is 10.8. The molecule has 0 radical (unpaired) electrons. The zero-order valence-electron chi connectivity index (χ0n) is 18.5. The number of methoxy groups -OCH3 is 1. The van der Waals surface area contributed by atoms with Crippen LogP contribution in [0.15, 0.2) is 30.5 Å². The zero-order chi connectivity index (χ0) is 21.5. The van der Waals surface area contributed by atoms with Gasteiger partial charge in [0.05, 0.1) is 19.9 Å². The van der Waals surface area contributed by atoms with Crippen molar-refractivity contribution in [2.45, 2.75) is 45.8 Å². The lowest BCUT2D eigenvalue weighted by molar-refractivity contribution is 0.0938. The molecule has 1 aliphatic heterocycles. The molecule has 1 unspecified atom stereocenters. The SMILES string of the molecule is COc1ccccc1CC(C)N1CCN(CCn2cc(C(=O)NC(C)C)nn2)CC1. The molecule has 1 amide bonds. The second-order valence-electron chi connectivity index (χ2n) is 8.24. The van der Waals surface area contributed by atoms with E-state index < -0.39 is 0 Å².